The number of carbonyl (C=O) groups is 4. The number of thioether (sulfide) groups is 2. The maximum atomic E-state index is 14.5. The third kappa shape index (κ3) is 13.4. The molecule has 0 bridgehead atoms. The number of methoxy groups -OCH3 is 2. The lowest BCUT2D eigenvalue weighted by Crippen LogP contribution is -2.51. The number of hydrogen-bond acceptors (Lipinski definition) is 15. The number of aliphatic imine (C=N–C) groups is 2. The molecule has 0 unspecified atom stereocenters. The van der Waals surface area contributed by atoms with Gasteiger partial charge in [-0.05, 0) is 126 Å². The van der Waals surface area contributed by atoms with Gasteiger partial charge < -0.3 is 53.9 Å². The van der Waals surface area contributed by atoms with Crippen LogP contribution in [0, 0.1) is 11.8 Å². The molecule has 87 heavy (non-hydrogen) atoms. The van der Waals surface area contributed by atoms with Crippen molar-refractivity contribution in [3.05, 3.63) is 161 Å². The minimum atomic E-state index is -0.918. The van der Waals surface area contributed by atoms with Gasteiger partial charge in [0.25, 0.3) is 5.91 Å². The van der Waals surface area contributed by atoms with Gasteiger partial charge in [0.15, 0.2) is 10.3 Å². The number of allylic oxidation sites excluding steroid dienone is 2. The number of carbonyl (C=O) groups excluding carboxylic acids is 3. The van der Waals surface area contributed by atoms with E-state index >= 15 is 0 Å². The summed E-state index contributed by atoms with van der Waals surface area (Å²) < 4.78 is 21.6. The second-order valence-corrected chi connectivity index (χ2v) is 27.2. The van der Waals surface area contributed by atoms with Crippen LogP contribution in [-0.4, -0.2) is 168 Å². The van der Waals surface area contributed by atoms with E-state index in [1.165, 1.54) is 23.5 Å². The van der Waals surface area contributed by atoms with Crippen LogP contribution in [0.4, 0.5) is 0 Å². The summed E-state index contributed by atoms with van der Waals surface area (Å²) in [5.41, 5.74) is 4.54. The van der Waals surface area contributed by atoms with E-state index in [0.29, 0.717) is 101 Å². The van der Waals surface area contributed by atoms with Crippen LogP contribution in [-0.2, 0) is 49.2 Å². The number of nitrogens with one attached hydrogen (secondary N) is 1. The first-order valence-corrected chi connectivity index (χ1v) is 32.5. The van der Waals surface area contributed by atoms with Crippen LogP contribution in [0.15, 0.2) is 128 Å². The van der Waals surface area contributed by atoms with E-state index in [-0.39, 0.29) is 59.9 Å². The Bertz CT molecular complexity index is 3330. The molecular weight excluding hydrogens is 1230 g/mol. The van der Waals surface area contributed by atoms with Crippen molar-refractivity contribution in [1.82, 2.24) is 29.8 Å². The number of benzene rings is 4. The first-order chi connectivity index (χ1) is 41.6. The van der Waals surface area contributed by atoms with Gasteiger partial charge >= 0.3 is 5.97 Å². The molecule has 0 aliphatic carbocycles. The first kappa shape index (κ1) is 64.8. The van der Waals surface area contributed by atoms with E-state index in [4.69, 9.17) is 75.3 Å². The Hall–Kier alpha value is -5.16. The number of carboxylic acids is 1. The SMILES string of the molecule is CC(C)C1=C(C(=O)O)SC2=N[C@@](C)(c3ccc(Cl)cc3)[C@@H](c3ccc(Cl)cc3)N21.CO[C@@H]1CN[C@H](C(=O)N2CCOCC2)C1.CO[C@H]1C[C@@H](C(=O)N2CCOCC2)N(C(=O)C2=C(C(C)C)N3C(=N[C@@](C)(c4ccc(Cl)cc4)[C@H]3c3ccc(Cl)cc3)S2)C1. The van der Waals surface area contributed by atoms with Gasteiger partial charge in [-0.25, -0.2) is 14.8 Å². The van der Waals surface area contributed by atoms with Crippen LogP contribution in [0.25, 0.3) is 0 Å². The summed E-state index contributed by atoms with van der Waals surface area (Å²) in [6, 6.07) is 30.0. The molecule has 0 saturated carbocycles. The smallest absolute Gasteiger partial charge is 0.344 e. The van der Waals surface area contributed by atoms with Crippen LogP contribution >= 0.6 is 69.9 Å². The van der Waals surface area contributed by atoms with Crippen molar-refractivity contribution in [1.29, 1.82) is 0 Å². The molecule has 0 radical (unpaired) electrons. The van der Waals surface area contributed by atoms with Gasteiger partial charge in [-0.3, -0.25) is 14.4 Å². The van der Waals surface area contributed by atoms with Gasteiger partial charge in [-0.15, -0.1) is 0 Å². The Morgan fingerprint density at radius 3 is 1.40 bits per heavy atom. The molecule has 0 aromatic heterocycles. The molecule has 4 aromatic rings. The largest absolute Gasteiger partial charge is 0.477 e. The van der Waals surface area contributed by atoms with Crippen molar-refractivity contribution in [3.8, 4) is 0 Å². The molecule has 4 saturated heterocycles. The van der Waals surface area contributed by atoms with Gasteiger partial charge in [-0.1, -0.05) is 123 Å². The Kier molecular flexibility index (Phi) is 20.5. The summed E-state index contributed by atoms with van der Waals surface area (Å²) in [5, 5.41) is 17.1. The first-order valence-electron chi connectivity index (χ1n) is 29.4. The molecule has 0 spiro atoms. The van der Waals surface area contributed by atoms with Gasteiger partial charge in [0.1, 0.15) is 26.9 Å². The predicted molar refractivity (Wildman–Crippen MR) is 344 cm³/mol. The molecule has 3 amide bonds. The lowest BCUT2D eigenvalue weighted by atomic mass is 9.81. The molecule has 23 heteroatoms. The summed E-state index contributed by atoms with van der Waals surface area (Å²) in [4.78, 5) is 73.1. The van der Waals surface area contributed by atoms with Crippen LogP contribution in [0.1, 0.15) is 88.7 Å². The Labute approximate surface area is 537 Å². The van der Waals surface area contributed by atoms with Crippen molar-refractivity contribution in [2.24, 2.45) is 21.8 Å². The number of ether oxygens (including phenoxy) is 4. The fourth-order valence-electron chi connectivity index (χ4n) is 12.8. The third-order valence-corrected chi connectivity index (χ3v) is 20.4. The molecule has 8 heterocycles. The lowest BCUT2D eigenvalue weighted by molar-refractivity contribution is -0.144. The number of likely N-dealkylation sites (tertiary alicyclic amines) is 1. The van der Waals surface area contributed by atoms with E-state index in [9.17, 15) is 24.3 Å². The number of fused-ring (bicyclic) bond motifs is 2. The molecule has 2 N–H and O–H groups in total. The highest BCUT2D eigenvalue weighted by Crippen LogP contribution is 2.58. The minimum Gasteiger partial charge on any atom is -0.477 e. The topological polar surface area (TPSA) is 178 Å². The van der Waals surface area contributed by atoms with Crippen LogP contribution in [0.3, 0.4) is 0 Å². The fourth-order valence-corrected chi connectivity index (χ4v) is 15.9. The molecule has 8 aliphatic heterocycles. The number of hydrogen-bond donors (Lipinski definition) is 2. The van der Waals surface area contributed by atoms with Crippen LogP contribution < -0.4 is 5.32 Å². The normalized spacial score (nSPS) is 26.9. The second kappa shape index (κ2) is 27.5. The Morgan fingerprint density at radius 1 is 0.598 bits per heavy atom. The zero-order valence-electron chi connectivity index (χ0n) is 50.0. The third-order valence-electron chi connectivity index (χ3n) is 17.2. The molecule has 4 fully saturated rings. The van der Waals surface area contributed by atoms with E-state index in [1.54, 1.807) is 19.1 Å². The number of nitrogens with zero attached hydrogens (tertiary/aromatic N) is 7. The molecule has 8 aliphatic rings. The average Bonchev–Trinajstić information content (AvgIpc) is 1.59. The number of amides is 3. The highest BCUT2D eigenvalue weighted by molar-refractivity contribution is 8.18. The van der Waals surface area contributed by atoms with Crippen molar-refractivity contribution >= 4 is 104 Å². The predicted octanol–water partition coefficient (Wildman–Crippen LogP) is 11.3. The number of rotatable bonds is 12. The van der Waals surface area contributed by atoms with E-state index < -0.39 is 23.1 Å². The molecule has 17 nitrogen and oxygen atoms in total. The van der Waals surface area contributed by atoms with Crippen molar-refractivity contribution in [2.75, 3.05) is 79.9 Å². The van der Waals surface area contributed by atoms with E-state index in [2.05, 4.69) is 42.8 Å². The number of halogens is 4. The Morgan fingerprint density at radius 2 is 1.00 bits per heavy atom. The Balaban J connectivity index is 0.000000163. The van der Waals surface area contributed by atoms with Gasteiger partial charge in [0.05, 0.1) is 56.8 Å². The monoisotopic (exact) mass is 1300 g/mol. The van der Waals surface area contributed by atoms with Crippen molar-refractivity contribution in [2.45, 2.75) is 102 Å². The van der Waals surface area contributed by atoms with Crippen molar-refractivity contribution in [3.63, 3.8) is 0 Å². The number of carboxylic acid groups (broad SMARTS) is 1. The second-order valence-electron chi connectivity index (χ2n) is 23.5. The van der Waals surface area contributed by atoms with Crippen molar-refractivity contribution < 1.29 is 43.2 Å². The zero-order valence-corrected chi connectivity index (χ0v) is 54.7. The van der Waals surface area contributed by atoms with Crippen LogP contribution in [0.2, 0.25) is 20.1 Å². The number of morpholine rings is 2. The maximum absolute atomic E-state index is 14.5. The fraction of sp³-hybridized carbons (Fsp3) is 0.469. The van der Waals surface area contributed by atoms with E-state index in [0.717, 1.165) is 51.8 Å². The highest BCUT2D eigenvalue weighted by Gasteiger charge is 2.56. The molecule has 464 valence electrons. The summed E-state index contributed by atoms with van der Waals surface area (Å²) in [6.07, 6.45) is 1.23. The molecular formula is C64H74Cl4N8O9S2. The zero-order chi connectivity index (χ0) is 62.1. The summed E-state index contributed by atoms with van der Waals surface area (Å²) in [5.74, 6) is -0.880. The molecule has 4 aromatic carbocycles. The quantitative estimate of drug-likeness (QED) is 0.137. The average molecular weight is 1310 g/mol. The summed E-state index contributed by atoms with van der Waals surface area (Å²) in [7, 11) is 3.32. The molecule has 12 rings (SSSR count). The lowest BCUT2D eigenvalue weighted by Gasteiger charge is -2.37. The van der Waals surface area contributed by atoms with Gasteiger partial charge in [0.2, 0.25) is 11.8 Å². The summed E-state index contributed by atoms with van der Waals surface area (Å²) >= 11 is 27.4. The molecule has 8 atom stereocenters. The van der Waals surface area contributed by atoms with Crippen LogP contribution in [0.5, 0.6) is 0 Å². The minimum absolute atomic E-state index is 0.00994. The summed E-state index contributed by atoms with van der Waals surface area (Å²) in [6.45, 7) is 18.4. The van der Waals surface area contributed by atoms with E-state index in [1.807, 2.05) is 121 Å². The number of amidine groups is 2. The highest BCUT2D eigenvalue weighted by atomic mass is 35.5. The van der Waals surface area contributed by atoms with Gasteiger partial charge in [-0.2, -0.15) is 0 Å². The number of aliphatic carboxylic acids is 1. The maximum Gasteiger partial charge on any atom is 0.344 e. The standard InChI is InChI=1S/C32H36Cl2N4O4S.C22H20Cl2N2O2S.C10H18N2O3/c1-19(2)26-27(30(40)37-18-24(41-4)17-25(37)29(39)36-13-15-42-16-14-36)43-31-35-32(3,21-7-11-23(34)12-8-21)28(38(26)31)20-5-9-22(33)10-6-20;1-12(2)17-18(20(27)28)29-21-25-22(3,14-6-10-16(24)11-7-14)19(26(17)21)13-4-8-15(23)9-5-13;1-14-8-6-9(11-7-8)10(13)12-2-4-15-5-3-12/h5-12,19,24-25,28H,13-18H2,1-4H3;4-12,19H,1-3H3,(H,27,28);8-9,11H,2-7H2,1H3/t24-,25-,28+,32-;19-,22+;8-,9-/m010/s1. The van der Waals surface area contributed by atoms with Gasteiger partial charge in [0, 0.05) is 91.4 Å².